The molecule has 25 heavy (non-hydrogen) atoms. The SMILES string of the molecule is CN=C(NCCCCSC)NC1CCN(Cc2ccc(Br)cc2)CC1. The molecule has 2 N–H and O–H groups in total. The number of benzene rings is 1. The number of hydrogen-bond acceptors (Lipinski definition) is 3. The van der Waals surface area contributed by atoms with Crippen LogP contribution in [0.25, 0.3) is 0 Å². The van der Waals surface area contributed by atoms with E-state index in [1.807, 2.05) is 18.8 Å². The zero-order valence-electron chi connectivity index (χ0n) is 15.4. The summed E-state index contributed by atoms with van der Waals surface area (Å²) >= 11 is 5.41. The number of guanidine groups is 1. The van der Waals surface area contributed by atoms with Crippen molar-refractivity contribution in [3.63, 3.8) is 0 Å². The van der Waals surface area contributed by atoms with Gasteiger partial charge < -0.3 is 10.6 Å². The lowest BCUT2D eigenvalue weighted by molar-refractivity contribution is 0.198. The average molecular weight is 427 g/mol. The van der Waals surface area contributed by atoms with Gasteiger partial charge in [-0.3, -0.25) is 9.89 Å². The average Bonchev–Trinajstić information content (AvgIpc) is 2.64. The van der Waals surface area contributed by atoms with E-state index >= 15 is 0 Å². The topological polar surface area (TPSA) is 39.7 Å². The highest BCUT2D eigenvalue weighted by atomic mass is 79.9. The highest BCUT2D eigenvalue weighted by Gasteiger charge is 2.19. The monoisotopic (exact) mass is 426 g/mol. The second kappa shape index (κ2) is 11.8. The van der Waals surface area contributed by atoms with Crippen LogP contribution in [0.15, 0.2) is 33.7 Å². The number of halogens is 1. The van der Waals surface area contributed by atoms with Crippen LogP contribution in [0, 0.1) is 0 Å². The summed E-state index contributed by atoms with van der Waals surface area (Å²) < 4.78 is 1.14. The summed E-state index contributed by atoms with van der Waals surface area (Å²) in [4.78, 5) is 6.91. The van der Waals surface area contributed by atoms with Gasteiger partial charge in [0, 0.05) is 43.7 Å². The quantitative estimate of drug-likeness (QED) is 0.377. The first-order chi connectivity index (χ1) is 12.2. The molecule has 1 aliphatic rings. The van der Waals surface area contributed by atoms with Crippen molar-refractivity contribution >= 4 is 33.7 Å². The van der Waals surface area contributed by atoms with E-state index in [0.717, 1.165) is 36.6 Å². The number of thioether (sulfide) groups is 1. The van der Waals surface area contributed by atoms with Crippen LogP contribution < -0.4 is 10.6 Å². The molecule has 1 heterocycles. The predicted octanol–water partition coefficient (Wildman–Crippen LogP) is 3.72. The van der Waals surface area contributed by atoms with Crippen molar-refractivity contribution in [2.75, 3.05) is 38.7 Å². The van der Waals surface area contributed by atoms with E-state index in [2.05, 4.69) is 67.0 Å². The standard InChI is InChI=1S/C19H31BrN4S/c1-21-19(22-11-3-4-14-25-2)23-18-9-12-24(13-10-18)15-16-5-7-17(20)8-6-16/h5-8,18H,3-4,9-15H2,1-2H3,(H2,21,22,23). The Morgan fingerprint density at radius 3 is 2.60 bits per heavy atom. The molecule has 0 spiro atoms. The Balaban J connectivity index is 1.65. The van der Waals surface area contributed by atoms with Crippen molar-refractivity contribution in [1.29, 1.82) is 0 Å². The van der Waals surface area contributed by atoms with Crippen LogP contribution in [0.1, 0.15) is 31.2 Å². The fraction of sp³-hybridized carbons (Fsp3) is 0.632. The summed E-state index contributed by atoms with van der Waals surface area (Å²) in [6.07, 6.45) is 6.97. The minimum Gasteiger partial charge on any atom is -0.356 e. The Labute approximate surface area is 165 Å². The van der Waals surface area contributed by atoms with E-state index < -0.39 is 0 Å². The van der Waals surface area contributed by atoms with E-state index in [-0.39, 0.29) is 0 Å². The normalized spacial score (nSPS) is 16.8. The third-order valence-electron chi connectivity index (χ3n) is 4.54. The number of aliphatic imine (C=N–C) groups is 1. The Morgan fingerprint density at radius 2 is 1.96 bits per heavy atom. The third kappa shape index (κ3) is 8.01. The van der Waals surface area contributed by atoms with E-state index in [4.69, 9.17) is 0 Å². The maximum absolute atomic E-state index is 4.37. The summed E-state index contributed by atoms with van der Waals surface area (Å²) in [5, 5.41) is 7.03. The summed E-state index contributed by atoms with van der Waals surface area (Å²) in [5.74, 6) is 2.19. The van der Waals surface area contributed by atoms with Crippen molar-refractivity contribution in [1.82, 2.24) is 15.5 Å². The van der Waals surface area contributed by atoms with Crippen molar-refractivity contribution in [3.8, 4) is 0 Å². The van der Waals surface area contributed by atoms with E-state index in [1.54, 1.807) is 0 Å². The van der Waals surface area contributed by atoms with Crippen LogP contribution in [-0.2, 0) is 6.54 Å². The molecule has 0 atom stereocenters. The number of hydrogen-bond donors (Lipinski definition) is 2. The highest BCUT2D eigenvalue weighted by molar-refractivity contribution is 9.10. The van der Waals surface area contributed by atoms with Crippen molar-refractivity contribution in [2.45, 2.75) is 38.3 Å². The molecule has 0 aromatic heterocycles. The molecule has 140 valence electrons. The van der Waals surface area contributed by atoms with Crippen LogP contribution in [-0.4, -0.2) is 55.6 Å². The maximum atomic E-state index is 4.37. The first kappa shape index (κ1) is 20.6. The zero-order valence-corrected chi connectivity index (χ0v) is 17.8. The molecule has 1 aromatic carbocycles. The molecule has 4 nitrogen and oxygen atoms in total. The molecule has 1 saturated heterocycles. The van der Waals surface area contributed by atoms with Gasteiger partial charge in [0.05, 0.1) is 0 Å². The van der Waals surface area contributed by atoms with Gasteiger partial charge in [0.25, 0.3) is 0 Å². The van der Waals surface area contributed by atoms with Crippen LogP contribution in [0.5, 0.6) is 0 Å². The lowest BCUT2D eigenvalue weighted by Gasteiger charge is -2.33. The fourth-order valence-electron chi connectivity index (χ4n) is 3.05. The van der Waals surface area contributed by atoms with E-state index in [0.29, 0.717) is 6.04 Å². The van der Waals surface area contributed by atoms with Gasteiger partial charge in [-0.15, -0.1) is 0 Å². The number of piperidine rings is 1. The van der Waals surface area contributed by atoms with Gasteiger partial charge in [-0.2, -0.15) is 11.8 Å². The molecule has 2 rings (SSSR count). The zero-order chi connectivity index (χ0) is 17.9. The molecule has 0 unspecified atom stereocenters. The maximum Gasteiger partial charge on any atom is 0.191 e. The van der Waals surface area contributed by atoms with Crippen molar-refractivity contribution in [3.05, 3.63) is 34.3 Å². The van der Waals surface area contributed by atoms with Crippen molar-refractivity contribution < 1.29 is 0 Å². The van der Waals surface area contributed by atoms with Crippen LogP contribution in [0.4, 0.5) is 0 Å². The van der Waals surface area contributed by atoms with Gasteiger partial charge >= 0.3 is 0 Å². The number of rotatable bonds is 8. The van der Waals surface area contributed by atoms with Gasteiger partial charge in [0.2, 0.25) is 0 Å². The van der Waals surface area contributed by atoms with Gasteiger partial charge in [0.15, 0.2) is 5.96 Å². The first-order valence-corrected chi connectivity index (χ1v) is 11.3. The number of nitrogens with one attached hydrogen (secondary N) is 2. The van der Waals surface area contributed by atoms with Crippen molar-refractivity contribution in [2.24, 2.45) is 4.99 Å². The summed E-state index contributed by atoms with van der Waals surface area (Å²) in [6, 6.07) is 9.18. The number of likely N-dealkylation sites (tertiary alicyclic amines) is 1. The van der Waals surface area contributed by atoms with Gasteiger partial charge in [-0.1, -0.05) is 28.1 Å². The van der Waals surface area contributed by atoms with Gasteiger partial charge in [-0.05, 0) is 55.4 Å². The molecule has 0 amide bonds. The van der Waals surface area contributed by atoms with E-state index in [1.165, 1.54) is 37.0 Å². The molecule has 0 radical (unpaired) electrons. The minimum absolute atomic E-state index is 0.526. The summed E-state index contributed by atoms with van der Waals surface area (Å²) in [6.45, 7) is 4.32. The predicted molar refractivity (Wildman–Crippen MR) is 115 cm³/mol. The van der Waals surface area contributed by atoms with Gasteiger partial charge in [0.1, 0.15) is 0 Å². The first-order valence-electron chi connectivity index (χ1n) is 9.14. The molecule has 0 aliphatic carbocycles. The van der Waals surface area contributed by atoms with Crippen LogP contribution >= 0.6 is 27.7 Å². The minimum atomic E-state index is 0.526. The lowest BCUT2D eigenvalue weighted by Crippen LogP contribution is -2.48. The molecular weight excluding hydrogens is 396 g/mol. The largest absolute Gasteiger partial charge is 0.356 e. The number of unbranched alkanes of at least 4 members (excludes halogenated alkanes) is 1. The summed E-state index contributed by atoms with van der Waals surface area (Å²) in [7, 11) is 1.86. The Hall–Kier alpha value is -0.720. The Bertz CT molecular complexity index is 513. The Kier molecular flexibility index (Phi) is 9.73. The van der Waals surface area contributed by atoms with E-state index in [9.17, 15) is 0 Å². The molecule has 1 aromatic rings. The second-order valence-corrected chi connectivity index (χ2v) is 8.42. The molecule has 1 fully saturated rings. The molecular formula is C19H31BrN4S. The second-order valence-electron chi connectivity index (χ2n) is 6.52. The van der Waals surface area contributed by atoms with Gasteiger partial charge in [-0.25, -0.2) is 0 Å². The third-order valence-corrected chi connectivity index (χ3v) is 5.76. The molecule has 0 saturated carbocycles. The lowest BCUT2D eigenvalue weighted by atomic mass is 10.0. The molecule has 1 aliphatic heterocycles. The number of nitrogens with zero attached hydrogens (tertiary/aromatic N) is 2. The van der Waals surface area contributed by atoms with Crippen LogP contribution in [0.2, 0.25) is 0 Å². The molecule has 6 heteroatoms. The smallest absolute Gasteiger partial charge is 0.191 e. The summed E-state index contributed by atoms with van der Waals surface area (Å²) in [5.41, 5.74) is 1.39. The Morgan fingerprint density at radius 1 is 1.24 bits per heavy atom. The molecule has 0 bridgehead atoms. The highest BCUT2D eigenvalue weighted by Crippen LogP contribution is 2.16. The van der Waals surface area contributed by atoms with Crippen LogP contribution in [0.3, 0.4) is 0 Å². The fourth-order valence-corrected chi connectivity index (χ4v) is 3.81.